The van der Waals surface area contributed by atoms with E-state index in [4.69, 9.17) is 48.7 Å². The van der Waals surface area contributed by atoms with Gasteiger partial charge in [-0.15, -0.1) is 0 Å². The van der Waals surface area contributed by atoms with E-state index in [9.17, 15) is 9.59 Å². The number of fused-ring (bicyclic) bond motifs is 2. The number of nitrogens with zero attached hydrogens (tertiary/aromatic N) is 2. The van der Waals surface area contributed by atoms with Crippen molar-refractivity contribution in [1.29, 1.82) is 0 Å². The number of piperidine rings is 1. The average molecular weight is 805 g/mol. The lowest BCUT2D eigenvalue weighted by molar-refractivity contribution is 0.00623. The molecule has 13 heteroatoms. The highest BCUT2D eigenvalue weighted by Crippen LogP contribution is 2.44. The topological polar surface area (TPSA) is 90.0 Å². The molecule has 0 aliphatic carbocycles. The van der Waals surface area contributed by atoms with Crippen LogP contribution in [0, 0.1) is 5.82 Å². The van der Waals surface area contributed by atoms with E-state index < -0.39 is 31.8 Å². The summed E-state index contributed by atoms with van der Waals surface area (Å²) < 4.78 is 34.6. The lowest BCUT2D eigenvalue weighted by Crippen LogP contribution is -2.51. The predicted molar refractivity (Wildman–Crippen MR) is 217 cm³/mol. The van der Waals surface area contributed by atoms with Crippen molar-refractivity contribution in [2.45, 2.75) is 104 Å². The number of halogens is 4. The van der Waals surface area contributed by atoms with Crippen molar-refractivity contribution in [1.82, 2.24) is 9.88 Å². The predicted octanol–water partition coefficient (Wildman–Crippen LogP) is 11.9. The molecule has 8 nitrogen and oxygen atoms in total. The molecule has 1 N–H and O–H groups in total. The molecule has 1 aromatic heterocycles. The highest BCUT2D eigenvalue weighted by molar-refractivity contribution is 6.74. The van der Waals surface area contributed by atoms with Gasteiger partial charge < -0.3 is 24.1 Å². The van der Waals surface area contributed by atoms with E-state index in [0.29, 0.717) is 48.4 Å². The summed E-state index contributed by atoms with van der Waals surface area (Å²) >= 11 is 20.3. The number of nitrogens with one attached hydrogen (secondary N) is 1. The lowest BCUT2D eigenvalue weighted by Gasteiger charge is -2.42. The number of carbonyl (C=O) groups excluding carboxylic acids is 2. The summed E-state index contributed by atoms with van der Waals surface area (Å²) in [6.45, 7) is 19.1. The monoisotopic (exact) mass is 803 g/mol. The van der Waals surface area contributed by atoms with E-state index in [1.807, 2.05) is 45.0 Å². The second kappa shape index (κ2) is 15.9. The number of ether oxygens (including phenoxy) is 2. The first-order chi connectivity index (χ1) is 24.7. The summed E-state index contributed by atoms with van der Waals surface area (Å²) in [5.74, 6) is -1.41. The molecule has 0 radical (unpaired) electrons. The number of hydrogen-bond acceptors (Lipinski definition) is 7. The molecule has 4 aromatic rings. The van der Waals surface area contributed by atoms with Crippen LogP contribution in [0.25, 0.3) is 32.8 Å². The van der Waals surface area contributed by atoms with E-state index in [0.717, 1.165) is 5.39 Å². The minimum absolute atomic E-state index is 0.0233. The standard InChI is InChI=1S/C40H49Cl3FN3O5Si/c1-10-50-37(48)32-34(45-24-17-19-47(38(49)52-39(2,3)4)25(21-24)18-20-51-53(8,9)40(5,6)7)27-22-29(42)31(33(44)35(27)46-36(32)43)26-15-11-13-23-14-12-16-28(41)30(23)26/h11-16,22,24-25H,10,17-21H2,1-9H3,(H,45,46)/t24-,25+/m0/s1. The van der Waals surface area contributed by atoms with Crippen LogP contribution in [0.4, 0.5) is 14.9 Å². The summed E-state index contributed by atoms with van der Waals surface area (Å²) in [6, 6.07) is 12.0. The van der Waals surface area contributed by atoms with E-state index in [2.05, 4.69) is 44.2 Å². The minimum Gasteiger partial charge on any atom is -0.462 e. The van der Waals surface area contributed by atoms with Crippen LogP contribution in [0.3, 0.4) is 0 Å². The van der Waals surface area contributed by atoms with Gasteiger partial charge in [0.15, 0.2) is 14.1 Å². The van der Waals surface area contributed by atoms with Crippen LogP contribution in [0.15, 0.2) is 42.5 Å². The fourth-order valence-electron chi connectivity index (χ4n) is 6.48. The van der Waals surface area contributed by atoms with Crippen LogP contribution in [0.1, 0.15) is 78.1 Å². The van der Waals surface area contributed by atoms with Crippen LogP contribution in [-0.2, 0) is 13.9 Å². The SMILES string of the molecule is CCOC(=O)c1c(Cl)nc2c(F)c(-c3cccc4cccc(Cl)c34)c(Cl)cc2c1N[C@H]1CCN(C(=O)OC(C)(C)C)[C@H](CCO[Si](C)(C)C(C)(C)C)C1. The normalized spacial score (nSPS) is 17.0. The summed E-state index contributed by atoms with van der Waals surface area (Å²) in [6.07, 6.45) is 1.18. The summed E-state index contributed by atoms with van der Waals surface area (Å²) in [4.78, 5) is 33.1. The zero-order chi connectivity index (χ0) is 39.0. The maximum absolute atomic E-state index is 16.9. The molecular weight excluding hydrogens is 756 g/mol. The van der Waals surface area contributed by atoms with Crippen LogP contribution in [0.2, 0.25) is 33.3 Å². The molecule has 1 aliphatic rings. The Hall–Kier alpha value is -3.15. The van der Waals surface area contributed by atoms with Gasteiger partial charge >= 0.3 is 12.1 Å². The minimum atomic E-state index is -2.06. The Kier molecular flexibility index (Phi) is 12.3. The number of amides is 1. The number of aromatic nitrogens is 1. The molecule has 2 heterocycles. The molecule has 0 unspecified atom stereocenters. The zero-order valence-corrected chi connectivity index (χ0v) is 35.2. The molecule has 0 saturated carbocycles. The Balaban J connectivity index is 1.57. The van der Waals surface area contributed by atoms with Crippen molar-refractivity contribution in [2.75, 3.05) is 25.1 Å². The van der Waals surface area contributed by atoms with Crippen molar-refractivity contribution in [3.05, 3.63) is 69.0 Å². The number of likely N-dealkylation sites (tertiary alicyclic amines) is 1. The maximum Gasteiger partial charge on any atom is 0.410 e. The molecule has 5 rings (SSSR count). The largest absolute Gasteiger partial charge is 0.462 e. The molecular formula is C40H49Cl3FN3O5Si. The molecule has 0 spiro atoms. The number of hydrogen-bond donors (Lipinski definition) is 1. The van der Waals surface area contributed by atoms with Gasteiger partial charge in [-0.05, 0) is 88.2 Å². The molecule has 1 saturated heterocycles. The molecule has 0 bridgehead atoms. The summed E-state index contributed by atoms with van der Waals surface area (Å²) in [5.41, 5.74) is 0.105. The number of esters is 1. The number of benzene rings is 3. The number of rotatable bonds is 9. The van der Waals surface area contributed by atoms with Gasteiger partial charge in [0.1, 0.15) is 21.8 Å². The van der Waals surface area contributed by atoms with Crippen LogP contribution >= 0.6 is 34.8 Å². The quantitative estimate of drug-likeness (QED) is 0.102. The first kappa shape index (κ1) is 41.0. The van der Waals surface area contributed by atoms with Gasteiger partial charge in [-0.2, -0.15) is 0 Å². The van der Waals surface area contributed by atoms with E-state index in [1.165, 1.54) is 0 Å². The number of carbonyl (C=O) groups is 2. The number of anilines is 1. The van der Waals surface area contributed by atoms with Crippen molar-refractivity contribution in [3.63, 3.8) is 0 Å². The first-order valence-electron chi connectivity index (χ1n) is 18.0. The second-order valence-electron chi connectivity index (χ2n) is 16.1. The first-order valence-corrected chi connectivity index (χ1v) is 22.0. The Morgan fingerprint density at radius 1 is 1.04 bits per heavy atom. The van der Waals surface area contributed by atoms with Crippen molar-refractivity contribution in [3.8, 4) is 11.1 Å². The van der Waals surface area contributed by atoms with Crippen LogP contribution in [-0.4, -0.2) is 67.7 Å². The van der Waals surface area contributed by atoms with Crippen LogP contribution < -0.4 is 5.32 Å². The molecule has 3 aromatic carbocycles. The molecule has 1 fully saturated rings. The van der Waals surface area contributed by atoms with Gasteiger partial charge in [-0.3, -0.25) is 0 Å². The van der Waals surface area contributed by atoms with E-state index in [-0.39, 0.29) is 61.6 Å². The van der Waals surface area contributed by atoms with Gasteiger partial charge in [0, 0.05) is 46.6 Å². The summed E-state index contributed by atoms with van der Waals surface area (Å²) in [7, 11) is -2.06. The number of pyridine rings is 1. The van der Waals surface area contributed by atoms with Gasteiger partial charge in [0.05, 0.1) is 17.3 Å². The Morgan fingerprint density at radius 2 is 1.72 bits per heavy atom. The third-order valence-corrected chi connectivity index (χ3v) is 15.6. The second-order valence-corrected chi connectivity index (χ2v) is 22.0. The Labute approximate surface area is 327 Å². The van der Waals surface area contributed by atoms with Gasteiger partial charge in [-0.1, -0.05) is 85.9 Å². The molecule has 2 atom stereocenters. The third-order valence-electron chi connectivity index (χ3n) is 10.1. The van der Waals surface area contributed by atoms with Gasteiger partial charge in [0.25, 0.3) is 0 Å². The van der Waals surface area contributed by atoms with E-state index >= 15 is 4.39 Å². The van der Waals surface area contributed by atoms with Crippen LogP contribution in [0.5, 0.6) is 0 Å². The maximum atomic E-state index is 16.9. The fourth-order valence-corrected chi connectivity index (χ4v) is 8.37. The smallest absolute Gasteiger partial charge is 0.410 e. The molecule has 53 heavy (non-hydrogen) atoms. The highest BCUT2D eigenvalue weighted by atomic mass is 35.5. The molecule has 1 aliphatic heterocycles. The summed E-state index contributed by atoms with van der Waals surface area (Å²) in [5, 5.41) is 5.59. The van der Waals surface area contributed by atoms with E-state index in [1.54, 1.807) is 30.0 Å². The Morgan fingerprint density at radius 3 is 2.36 bits per heavy atom. The average Bonchev–Trinajstić information content (AvgIpc) is 3.04. The highest BCUT2D eigenvalue weighted by Gasteiger charge is 2.39. The van der Waals surface area contributed by atoms with Crippen molar-refractivity contribution >= 4 is 82.5 Å². The van der Waals surface area contributed by atoms with Gasteiger partial charge in [-0.25, -0.2) is 19.0 Å². The third kappa shape index (κ3) is 8.88. The van der Waals surface area contributed by atoms with Crippen molar-refractivity contribution in [2.24, 2.45) is 0 Å². The van der Waals surface area contributed by atoms with Crippen molar-refractivity contribution < 1.29 is 27.9 Å². The molecule has 286 valence electrons. The molecule has 1 amide bonds. The zero-order valence-electron chi connectivity index (χ0n) is 31.9. The van der Waals surface area contributed by atoms with Gasteiger partial charge in [0.2, 0.25) is 0 Å². The lowest BCUT2D eigenvalue weighted by atomic mass is 9.93. The Bertz CT molecular complexity index is 2030. The fraction of sp³-hybridized carbons (Fsp3) is 0.475.